The number of nitrogens with one attached hydrogen (secondary N) is 1. The van der Waals surface area contributed by atoms with E-state index < -0.39 is 0 Å². The number of nitrogens with zero attached hydrogens (tertiary/aromatic N) is 2. The minimum atomic E-state index is 0.140. The van der Waals surface area contributed by atoms with Gasteiger partial charge in [-0.2, -0.15) is 0 Å². The van der Waals surface area contributed by atoms with Crippen LogP contribution < -0.4 is 10.2 Å². The summed E-state index contributed by atoms with van der Waals surface area (Å²) in [5, 5.41) is 6.50. The van der Waals surface area contributed by atoms with Crippen LogP contribution in [0.4, 0.5) is 22.2 Å². The van der Waals surface area contributed by atoms with Gasteiger partial charge < -0.3 is 10.2 Å². The molecule has 0 aliphatic carbocycles. The fourth-order valence-electron chi connectivity index (χ4n) is 3.40. The van der Waals surface area contributed by atoms with Crippen LogP contribution in [0.25, 0.3) is 0 Å². The number of fused-ring (bicyclic) bond motifs is 1. The zero-order chi connectivity index (χ0) is 16.7. The highest BCUT2D eigenvalue weighted by Crippen LogP contribution is 2.46. The maximum atomic E-state index is 4.54. The molecule has 1 N–H and O–H groups in total. The molecule has 0 saturated heterocycles. The standard InChI is InChI=1S/C20H21N3S/c1-14-12-24-19(21-14)22-16-9-5-7-11-18(16)23-13-20(2,3)15-8-4-6-10-17(15)23/h4-12H,13H2,1-3H3,(H,21,22). The molecule has 3 nitrogen and oxygen atoms in total. The first-order valence-corrected chi connectivity index (χ1v) is 9.08. The van der Waals surface area contributed by atoms with Crippen LogP contribution in [0.15, 0.2) is 53.9 Å². The topological polar surface area (TPSA) is 28.2 Å². The van der Waals surface area contributed by atoms with E-state index in [0.717, 1.165) is 23.1 Å². The smallest absolute Gasteiger partial charge is 0.187 e. The van der Waals surface area contributed by atoms with Crippen LogP contribution in [0.3, 0.4) is 0 Å². The molecular weight excluding hydrogens is 314 g/mol. The molecule has 0 atom stereocenters. The van der Waals surface area contributed by atoms with Gasteiger partial charge in [0.25, 0.3) is 0 Å². The molecule has 0 fully saturated rings. The van der Waals surface area contributed by atoms with E-state index in [9.17, 15) is 0 Å². The van der Waals surface area contributed by atoms with Crippen molar-refractivity contribution in [1.82, 2.24) is 4.98 Å². The summed E-state index contributed by atoms with van der Waals surface area (Å²) >= 11 is 1.64. The Bertz CT molecular complexity index is 882. The number of hydrogen-bond acceptors (Lipinski definition) is 4. The highest BCUT2D eigenvalue weighted by Gasteiger charge is 2.36. The summed E-state index contributed by atoms with van der Waals surface area (Å²) in [7, 11) is 0. The third-order valence-corrected chi connectivity index (χ3v) is 5.41. The molecule has 1 aliphatic heterocycles. The highest BCUT2D eigenvalue weighted by molar-refractivity contribution is 7.13. The fraction of sp³-hybridized carbons (Fsp3) is 0.250. The van der Waals surface area contributed by atoms with E-state index in [0.29, 0.717) is 0 Å². The Kier molecular flexibility index (Phi) is 3.57. The molecule has 2 heterocycles. The fourth-order valence-corrected chi connectivity index (χ4v) is 4.10. The Labute approximate surface area is 147 Å². The van der Waals surface area contributed by atoms with Crippen LogP contribution in [0.5, 0.6) is 0 Å². The van der Waals surface area contributed by atoms with Gasteiger partial charge >= 0.3 is 0 Å². The minimum Gasteiger partial charge on any atom is -0.339 e. The van der Waals surface area contributed by atoms with E-state index in [4.69, 9.17) is 0 Å². The van der Waals surface area contributed by atoms with Crippen LogP contribution in [0.2, 0.25) is 0 Å². The monoisotopic (exact) mass is 335 g/mol. The summed E-state index contributed by atoms with van der Waals surface area (Å²) in [4.78, 5) is 6.95. The Morgan fingerprint density at radius 1 is 1.04 bits per heavy atom. The molecule has 0 spiro atoms. The Balaban J connectivity index is 1.76. The Hall–Kier alpha value is -2.33. The third kappa shape index (κ3) is 2.57. The van der Waals surface area contributed by atoms with E-state index in [1.165, 1.54) is 16.9 Å². The maximum Gasteiger partial charge on any atom is 0.187 e. The van der Waals surface area contributed by atoms with Crippen LogP contribution in [-0.4, -0.2) is 11.5 Å². The van der Waals surface area contributed by atoms with Gasteiger partial charge in [-0.25, -0.2) is 4.98 Å². The summed E-state index contributed by atoms with van der Waals surface area (Å²) < 4.78 is 0. The zero-order valence-electron chi connectivity index (χ0n) is 14.2. The molecule has 0 amide bonds. The number of aryl methyl sites for hydroxylation is 1. The van der Waals surface area contributed by atoms with Crippen LogP contribution in [-0.2, 0) is 5.41 Å². The normalized spacial score (nSPS) is 15.4. The summed E-state index contributed by atoms with van der Waals surface area (Å²) in [5.74, 6) is 0. The van der Waals surface area contributed by atoms with Crippen molar-refractivity contribution >= 4 is 33.5 Å². The van der Waals surface area contributed by atoms with Gasteiger partial charge in [-0.05, 0) is 30.7 Å². The van der Waals surface area contributed by atoms with Gasteiger partial charge in [0.05, 0.1) is 17.1 Å². The lowest BCUT2D eigenvalue weighted by atomic mass is 9.87. The largest absolute Gasteiger partial charge is 0.339 e. The number of rotatable bonds is 3. The van der Waals surface area contributed by atoms with Crippen molar-refractivity contribution in [1.29, 1.82) is 0 Å². The van der Waals surface area contributed by atoms with Crippen molar-refractivity contribution in [3.8, 4) is 0 Å². The second-order valence-electron chi connectivity index (χ2n) is 6.92. The lowest BCUT2D eigenvalue weighted by Crippen LogP contribution is -2.25. The summed E-state index contributed by atoms with van der Waals surface area (Å²) in [6.45, 7) is 7.62. The molecule has 0 bridgehead atoms. The van der Waals surface area contributed by atoms with E-state index in [1.54, 1.807) is 11.3 Å². The first-order chi connectivity index (χ1) is 11.5. The van der Waals surface area contributed by atoms with Crippen molar-refractivity contribution < 1.29 is 0 Å². The lowest BCUT2D eigenvalue weighted by molar-refractivity contribution is 0.569. The molecule has 2 aromatic carbocycles. The van der Waals surface area contributed by atoms with Crippen molar-refractivity contribution in [3.05, 3.63) is 65.2 Å². The van der Waals surface area contributed by atoms with Gasteiger partial charge in [-0.1, -0.05) is 44.2 Å². The molecule has 1 aromatic heterocycles. The lowest BCUT2D eigenvalue weighted by Gasteiger charge is -2.25. The zero-order valence-corrected chi connectivity index (χ0v) is 15.0. The van der Waals surface area contributed by atoms with Crippen LogP contribution in [0, 0.1) is 6.92 Å². The first kappa shape index (κ1) is 15.2. The Morgan fingerprint density at radius 3 is 2.50 bits per heavy atom. The van der Waals surface area contributed by atoms with Gasteiger partial charge in [-0.15, -0.1) is 11.3 Å². The van der Waals surface area contributed by atoms with Crippen molar-refractivity contribution in [2.75, 3.05) is 16.8 Å². The summed E-state index contributed by atoms with van der Waals surface area (Å²) in [6, 6.07) is 17.2. The second-order valence-corrected chi connectivity index (χ2v) is 7.78. The summed E-state index contributed by atoms with van der Waals surface area (Å²) in [6.07, 6.45) is 0. The van der Waals surface area contributed by atoms with E-state index >= 15 is 0 Å². The number of thiazole rings is 1. The third-order valence-electron chi connectivity index (χ3n) is 4.53. The van der Waals surface area contributed by atoms with Gasteiger partial charge in [0.15, 0.2) is 5.13 Å². The molecule has 24 heavy (non-hydrogen) atoms. The van der Waals surface area contributed by atoms with Gasteiger partial charge in [0.1, 0.15) is 0 Å². The molecule has 0 unspecified atom stereocenters. The molecule has 3 aromatic rings. The van der Waals surface area contributed by atoms with Crippen molar-refractivity contribution in [3.63, 3.8) is 0 Å². The molecule has 1 aliphatic rings. The van der Waals surface area contributed by atoms with Crippen molar-refractivity contribution in [2.45, 2.75) is 26.2 Å². The van der Waals surface area contributed by atoms with E-state index in [2.05, 4.69) is 83.0 Å². The first-order valence-electron chi connectivity index (χ1n) is 8.20. The number of anilines is 4. The number of para-hydroxylation sites is 3. The van der Waals surface area contributed by atoms with E-state index in [1.807, 2.05) is 6.92 Å². The predicted molar refractivity (Wildman–Crippen MR) is 103 cm³/mol. The average molecular weight is 335 g/mol. The Morgan fingerprint density at radius 2 is 1.75 bits per heavy atom. The molecule has 4 rings (SSSR count). The SMILES string of the molecule is Cc1csc(Nc2ccccc2N2CC(C)(C)c3ccccc32)n1. The molecule has 122 valence electrons. The van der Waals surface area contributed by atoms with Crippen molar-refractivity contribution in [2.24, 2.45) is 0 Å². The predicted octanol–water partition coefficient (Wildman–Crippen LogP) is 5.62. The molecule has 4 heteroatoms. The number of benzene rings is 2. The average Bonchev–Trinajstić information content (AvgIpc) is 3.09. The van der Waals surface area contributed by atoms with Gasteiger partial charge in [-0.3, -0.25) is 0 Å². The summed E-state index contributed by atoms with van der Waals surface area (Å²) in [5.41, 5.74) is 6.19. The quantitative estimate of drug-likeness (QED) is 0.673. The maximum absolute atomic E-state index is 4.54. The second kappa shape index (κ2) is 5.64. The van der Waals surface area contributed by atoms with Crippen LogP contribution in [0.1, 0.15) is 25.1 Å². The minimum absolute atomic E-state index is 0.140. The highest BCUT2D eigenvalue weighted by atomic mass is 32.1. The van der Waals surface area contributed by atoms with Crippen LogP contribution >= 0.6 is 11.3 Å². The molecule has 0 saturated carbocycles. The molecule has 0 radical (unpaired) electrons. The van der Waals surface area contributed by atoms with Gasteiger partial charge in [0.2, 0.25) is 0 Å². The molecular formula is C20H21N3S. The van der Waals surface area contributed by atoms with E-state index in [-0.39, 0.29) is 5.41 Å². The van der Waals surface area contributed by atoms with Gasteiger partial charge in [0, 0.05) is 23.0 Å². The number of aromatic nitrogens is 1. The number of hydrogen-bond donors (Lipinski definition) is 1.